The van der Waals surface area contributed by atoms with Gasteiger partial charge in [0.15, 0.2) is 15.5 Å². The highest BCUT2D eigenvalue weighted by Gasteiger charge is 2.17. The van der Waals surface area contributed by atoms with Gasteiger partial charge < -0.3 is 16.0 Å². The lowest BCUT2D eigenvalue weighted by atomic mass is 10.1. The van der Waals surface area contributed by atoms with Gasteiger partial charge in [-0.25, -0.2) is 0 Å². The van der Waals surface area contributed by atoms with E-state index >= 15 is 0 Å². The van der Waals surface area contributed by atoms with Crippen LogP contribution in [0.4, 0.5) is 0 Å². The Labute approximate surface area is 276 Å². The van der Waals surface area contributed by atoms with Crippen molar-refractivity contribution in [1.82, 2.24) is 30.9 Å². The van der Waals surface area contributed by atoms with E-state index in [-0.39, 0.29) is 53.1 Å². The Morgan fingerprint density at radius 3 is 0.978 bits per heavy atom. The molecule has 4 rings (SSSR count). The summed E-state index contributed by atoms with van der Waals surface area (Å²) in [6, 6.07) is 28.7. The zero-order chi connectivity index (χ0) is 32.0. The summed E-state index contributed by atoms with van der Waals surface area (Å²) >= 11 is 3.53. The van der Waals surface area contributed by atoms with E-state index < -0.39 is 0 Å². The van der Waals surface area contributed by atoms with Crippen LogP contribution in [-0.2, 0) is 14.4 Å². The molecule has 3 amide bonds. The Morgan fingerprint density at radius 1 is 0.489 bits per heavy atom. The smallest absolute Gasteiger partial charge is 0.230 e. The average molecular weight is 661 g/mol. The molecule has 0 radical (unpaired) electrons. The first-order chi connectivity index (χ1) is 21.8. The van der Waals surface area contributed by atoms with E-state index in [2.05, 4.69) is 30.9 Å². The first-order valence-electron chi connectivity index (χ1n) is 14.4. The summed E-state index contributed by atoms with van der Waals surface area (Å²) in [5, 5.41) is 10.00. The van der Waals surface area contributed by atoms with Gasteiger partial charge in [-0.2, -0.15) is 15.0 Å². The van der Waals surface area contributed by atoms with E-state index in [1.807, 2.05) is 112 Å². The SMILES string of the molecule is C[C@H](NC(=O)CSc1nc(SCC(=O)N[C@@H](C)c2ccccc2)nc(SCC(=O)N[C@@H](C)c2ccccc2)n1)c1ccccc1. The number of aromatic nitrogens is 3. The van der Waals surface area contributed by atoms with Gasteiger partial charge in [0.05, 0.1) is 35.4 Å². The summed E-state index contributed by atoms with van der Waals surface area (Å²) in [6.07, 6.45) is 0. The molecule has 0 aliphatic carbocycles. The molecule has 0 aliphatic rings. The summed E-state index contributed by atoms with van der Waals surface area (Å²) in [7, 11) is 0. The first kappa shape index (κ1) is 34.0. The topological polar surface area (TPSA) is 126 Å². The summed E-state index contributed by atoms with van der Waals surface area (Å²) in [5.41, 5.74) is 3.02. The number of hydrogen-bond acceptors (Lipinski definition) is 9. The molecule has 0 saturated carbocycles. The Balaban J connectivity index is 1.38. The van der Waals surface area contributed by atoms with Gasteiger partial charge in [-0.05, 0) is 37.5 Å². The van der Waals surface area contributed by atoms with Crippen LogP contribution < -0.4 is 16.0 Å². The molecular formula is C33H36N6O3S3. The van der Waals surface area contributed by atoms with Crippen LogP contribution in [0.15, 0.2) is 106 Å². The third-order valence-corrected chi connectivity index (χ3v) is 9.14. The van der Waals surface area contributed by atoms with E-state index in [0.29, 0.717) is 15.5 Å². The fraction of sp³-hybridized carbons (Fsp3) is 0.273. The van der Waals surface area contributed by atoms with Crippen LogP contribution in [0.5, 0.6) is 0 Å². The number of amides is 3. The predicted octanol–water partition coefficient (Wildman–Crippen LogP) is 5.78. The zero-order valence-corrected chi connectivity index (χ0v) is 27.8. The van der Waals surface area contributed by atoms with Gasteiger partial charge in [-0.1, -0.05) is 126 Å². The fourth-order valence-corrected chi connectivity index (χ4v) is 6.34. The van der Waals surface area contributed by atoms with Crippen molar-refractivity contribution in [3.8, 4) is 0 Å². The van der Waals surface area contributed by atoms with Gasteiger partial charge in [0.25, 0.3) is 0 Å². The second-order valence-electron chi connectivity index (χ2n) is 10.1. The Morgan fingerprint density at radius 2 is 0.733 bits per heavy atom. The summed E-state index contributed by atoms with van der Waals surface area (Å²) in [6.45, 7) is 5.78. The van der Waals surface area contributed by atoms with Crippen molar-refractivity contribution in [3.63, 3.8) is 0 Å². The molecule has 0 spiro atoms. The normalized spacial score (nSPS) is 12.9. The van der Waals surface area contributed by atoms with Crippen LogP contribution >= 0.6 is 35.3 Å². The Kier molecular flexibility index (Phi) is 13.3. The highest BCUT2D eigenvalue weighted by molar-refractivity contribution is 8.01. The molecule has 3 aromatic carbocycles. The van der Waals surface area contributed by atoms with E-state index in [1.165, 1.54) is 35.3 Å². The third-order valence-electron chi connectivity index (χ3n) is 6.60. The number of nitrogens with zero attached hydrogens (tertiary/aromatic N) is 3. The van der Waals surface area contributed by atoms with Crippen LogP contribution in [0.1, 0.15) is 55.6 Å². The molecule has 9 nitrogen and oxygen atoms in total. The van der Waals surface area contributed by atoms with Gasteiger partial charge in [-0.15, -0.1) is 0 Å². The Bertz CT molecular complexity index is 1350. The molecule has 12 heteroatoms. The molecular weight excluding hydrogens is 625 g/mol. The predicted molar refractivity (Wildman–Crippen MR) is 181 cm³/mol. The molecule has 234 valence electrons. The van der Waals surface area contributed by atoms with Crippen LogP contribution in [0.25, 0.3) is 0 Å². The van der Waals surface area contributed by atoms with E-state index in [1.54, 1.807) is 0 Å². The van der Waals surface area contributed by atoms with Crippen molar-refractivity contribution < 1.29 is 14.4 Å². The molecule has 45 heavy (non-hydrogen) atoms. The third kappa shape index (κ3) is 11.5. The largest absolute Gasteiger partial charge is 0.349 e. The van der Waals surface area contributed by atoms with Gasteiger partial charge >= 0.3 is 0 Å². The first-order valence-corrected chi connectivity index (χ1v) is 17.4. The molecule has 0 aliphatic heterocycles. The van der Waals surface area contributed by atoms with Gasteiger partial charge in [0.1, 0.15) is 0 Å². The molecule has 3 atom stereocenters. The maximum Gasteiger partial charge on any atom is 0.230 e. The van der Waals surface area contributed by atoms with Gasteiger partial charge in [0.2, 0.25) is 17.7 Å². The minimum absolute atomic E-state index is 0.0968. The van der Waals surface area contributed by atoms with Crippen molar-refractivity contribution in [3.05, 3.63) is 108 Å². The highest BCUT2D eigenvalue weighted by atomic mass is 32.2. The van der Waals surface area contributed by atoms with E-state index in [0.717, 1.165) is 16.7 Å². The minimum atomic E-state index is -0.163. The lowest BCUT2D eigenvalue weighted by molar-refractivity contribution is -0.120. The van der Waals surface area contributed by atoms with E-state index in [4.69, 9.17) is 0 Å². The summed E-state index contributed by atoms with van der Waals surface area (Å²) in [5.74, 6) is -0.199. The summed E-state index contributed by atoms with van der Waals surface area (Å²) in [4.78, 5) is 51.7. The van der Waals surface area contributed by atoms with Gasteiger partial charge in [-0.3, -0.25) is 14.4 Å². The molecule has 0 saturated heterocycles. The maximum absolute atomic E-state index is 12.7. The van der Waals surface area contributed by atoms with Crippen molar-refractivity contribution in [2.75, 3.05) is 17.3 Å². The second kappa shape index (κ2) is 17.6. The average Bonchev–Trinajstić information content (AvgIpc) is 3.06. The lowest BCUT2D eigenvalue weighted by Crippen LogP contribution is -2.28. The van der Waals surface area contributed by atoms with Crippen molar-refractivity contribution in [2.24, 2.45) is 0 Å². The highest BCUT2D eigenvalue weighted by Crippen LogP contribution is 2.24. The quantitative estimate of drug-likeness (QED) is 0.136. The Hall–Kier alpha value is -3.87. The second-order valence-corrected chi connectivity index (χ2v) is 13.0. The number of nitrogens with one attached hydrogen (secondary N) is 3. The molecule has 1 heterocycles. The minimum Gasteiger partial charge on any atom is -0.349 e. The van der Waals surface area contributed by atoms with Gasteiger partial charge in [0, 0.05) is 0 Å². The number of hydrogen-bond donors (Lipinski definition) is 3. The fourth-order valence-electron chi connectivity index (χ4n) is 4.23. The molecule has 0 fully saturated rings. The molecule has 1 aromatic heterocycles. The van der Waals surface area contributed by atoms with Crippen LogP contribution in [0.3, 0.4) is 0 Å². The molecule has 0 bridgehead atoms. The number of carbonyl (C=O) groups is 3. The number of benzene rings is 3. The van der Waals surface area contributed by atoms with Crippen LogP contribution in [0, 0.1) is 0 Å². The van der Waals surface area contributed by atoms with Crippen LogP contribution in [0.2, 0.25) is 0 Å². The standard InChI is InChI=1S/C33H36N6O3S3/c1-22(25-13-7-4-8-14-25)34-28(40)19-43-31-37-32(44-20-29(41)35-23(2)26-15-9-5-10-16-26)39-33(38-31)45-21-30(42)36-24(3)27-17-11-6-12-18-27/h4-18,22-24H,19-21H2,1-3H3,(H,34,40)(H,35,41)(H,36,42)/t22-,23-,24-/m0/s1. The van der Waals surface area contributed by atoms with Crippen molar-refractivity contribution in [1.29, 1.82) is 0 Å². The number of rotatable bonds is 15. The molecule has 3 N–H and O–H groups in total. The van der Waals surface area contributed by atoms with E-state index in [9.17, 15) is 14.4 Å². The van der Waals surface area contributed by atoms with Crippen LogP contribution in [-0.4, -0.2) is 49.9 Å². The number of carbonyl (C=O) groups excluding carboxylic acids is 3. The van der Waals surface area contributed by atoms with Crippen molar-refractivity contribution >= 4 is 53.0 Å². The maximum atomic E-state index is 12.7. The monoisotopic (exact) mass is 660 g/mol. The summed E-state index contributed by atoms with van der Waals surface area (Å²) < 4.78 is 0. The number of thioether (sulfide) groups is 3. The lowest BCUT2D eigenvalue weighted by Gasteiger charge is -2.15. The molecule has 4 aromatic rings. The molecule has 0 unspecified atom stereocenters. The zero-order valence-electron chi connectivity index (χ0n) is 25.3. The van der Waals surface area contributed by atoms with Crippen molar-refractivity contribution in [2.45, 2.75) is 54.4 Å².